The van der Waals surface area contributed by atoms with E-state index in [1.807, 2.05) is 6.92 Å². The predicted octanol–water partition coefficient (Wildman–Crippen LogP) is 1.49. The monoisotopic (exact) mass is 264 g/mol. The summed E-state index contributed by atoms with van der Waals surface area (Å²) in [6.45, 7) is 2.21. The quantitative estimate of drug-likeness (QED) is 0.828. The molecule has 0 spiro atoms. The average molecular weight is 264 g/mol. The second-order valence-electron chi connectivity index (χ2n) is 4.33. The lowest BCUT2D eigenvalue weighted by Gasteiger charge is -2.12. The molecule has 5 nitrogen and oxygen atoms in total. The zero-order chi connectivity index (χ0) is 13.8. The molecular weight excluding hydrogens is 248 g/mol. The second-order valence-corrected chi connectivity index (χ2v) is 4.33. The van der Waals surface area contributed by atoms with Gasteiger partial charge in [0.25, 0.3) is 0 Å². The molecule has 0 fully saturated rings. The van der Waals surface area contributed by atoms with Crippen LogP contribution in [0.15, 0.2) is 33.5 Å². The highest BCUT2D eigenvalue weighted by Crippen LogP contribution is 2.22. The molecule has 19 heavy (non-hydrogen) atoms. The fraction of sp³-hybridized carbons (Fsp3) is 0.357. The number of aliphatic hydroxyl groups excluding tert-OH is 1. The van der Waals surface area contributed by atoms with Crippen LogP contribution < -0.4 is 10.4 Å². The Balaban J connectivity index is 2.20. The normalized spacial score (nSPS) is 12.6. The molecule has 2 aromatic rings. The molecule has 0 aliphatic heterocycles. The summed E-state index contributed by atoms with van der Waals surface area (Å²) in [7, 11) is 1.52. The third kappa shape index (κ3) is 3.33. The second kappa shape index (κ2) is 5.86. The number of hydrogen-bond acceptors (Lipinski definition) is 5. The molecule has 1 atom stereocenters. The SMILES string of the molecule is COC[C@@H](O)COc1ccc2oc(=O)cc(C)c2c1. The lowest BCUT2D eigenvalue weighted by Crippen LogP contribution is -2.22. The van der Waals surface area contributed by atoms with Gasteiger partial charge in [-0.05, 0) is 30.7 Å². The first-order valence-electron chi connectivity index (χ1n) is 5.94. The van der Waals surface area contributed by atoms with Gasteiger partial charge in [-0.25, -0.2) is 4.79 Å². The van der Waals surface area contributed by atoms with Crippen LogP contribution in [-0.4, -0.2) is 31.5 Å². The first-order valence-corrected chi connectivity index (χ1v) is 5.94. The van der Waals surface area contributed by atoms with E-state index >= 15 is 0 Å². The van der Waals surface area contributed by atoms with Crippen LogP contribution in [0.1, 0.15) is 5.56 Å². The highest BCUT2D eigenvalue weighted by atomic mass is 16.5. The van der Waals surface area contributed by atoms with E-state index in [1.54, 1.807) is 18.2 Å². The van der Waals surface area contributed by atoms with Crippen molar-refractivity contribution in [2.24, 2.45) is 0 Å². The first kappa shape index (κ1) is 13.6. The van der Waals surface area contributed by atoms with E-state index in [0.717, 1.165) is 10.9 Å². The summed E-state index contributed by atoms with van der Waals surface area (Å²) < 4.78 is 15.4. The van der Waals surface area contributed by atoms with Crippen LogP contribution in [0.2, 0.25) is 0 Å². The van der Waals surface area contributed by atoms with E-state index in [4.69, 9.17) is 13.9 Å². The molecule has 0 saturated heterocycles. The Bertz CT molecular complexity index is 617. The van der Waals surface area contributed by atoms with Crippen molar-refractivity contribution in [3.05, 3.63) is 40.2 Å². The Morgan fingerprint density at radius 1 is 1.32 bits per heavy atom. The zero-order valence-electron chi connectivity index (χ0n) is 10.9. The van der Waals surface area contributed by atoms with Crippen molar-refractivity contribution in [3.8, 4) is 5.75 Å². The maximum atomic E-state index is 11.2. The van der Waals surface area contributed by atoms with E-state index in [1.165, 1.54) is 13.2 Å². The minimum Gasteiger partial charge on any atom is -0.491 e. The summed E-state index contributed by atoms with van der Waals surface area (Å²) in [5.74, 6) is 0.611. The van der Waals surface area contributed by atoms with Gasteiger partial charge in [0.05, 0.1) is 6.61 Å². The van der Waals surface area contributed by atoms with E-state index in [-0.39, 0.29) is 18.8 Å². The number of methoxy groups -OCH3 is 1. The molecule has 0 aliphatic rings. The summed E-state index contributed by atoms with van der Waals surface area (Å²) in [6.07, 6.45) is -0.671. The Morgan fingerprint density at radius 2 is 2.11 bits per heavy atom. The molecule has 1 N–H and O–H groups in total. The fourth-order valence-corrected chi connectivity index (χ4v) is 1.82. The molecule has 102 valence electrons. The summed E-state index contributed by atoms with van der Waals surface area (Å²) in [6, 6.07) is 6.60. The Morgan fingerprint density at radius 3 is 2.84 bits per heavy atom. The highest BCUT2D eigenvalue weighted by molar-refractivity contribution is 5.81. The number of ether oxygens (including phenoxy) is 2. The molecule has 0 radical (unpaired) electrons. The Hall–Kier alpha value is -1.85. The number of benzene rings is 1. The van der Waals surface area contributed by atoms with Crippen LogP contribution in [-0.2, 0) is 4.74 Å². The van der Waals surface area contributed by atoms with Crippen molar-refractivity contribution in [1.82, 2.24) is 0 Å². The van der Waals surface area contributed by atoms with E-state index in [0.29, 0.717) is 11.3 Å². The van der Waals surface area contributed by atoms with E-state index < -0.39 is 6.10 Å². The van der Waals surface area contributed by atoms with Crippen molar-refractivity contribution in [2.75, 3.05) is 20.3 Å². The van der Waals surface area contributed by atoms with Gasteiger partial charge >= 0.3 is 5.63 Å². The summed E-state index contributed by atoms with van der Waals surface area (Å²) in [4.78, 5) is 11.2. The van der Waals surface area contributed by atoms with Crippen LogP contribution in [0.25, 0.3) is 11.0 Å². The zero-order valence-corrected chi connectivity index (χ0v) is 10.9. The smallest absolute Gasteiger partial charge is 0.336 e. The predicted molar refractivity (Wildman–Crippen MR) is 70.6 cm³/mol. The molecule has 0 aliphatic carbocycles. The summed E-state index contributed by atoms with van der Waals surface area (Å²) in [5.41, 5.74) is 0.984. The number of rotatable bonds is 5. The minimum atomic E-state index is -0.671. The van der Waals surface area contributed by atoms with Crippen LogP contribution in [0.4, 0.5) is 0 Å². The third-order valence-corrected chi connectivity index (χ3v) is 2.72. The Labute approximate surface area is 110 Å². The molecule has 5 heteroatoms. The lowest BCUT2D eigenvalue weighted by molar-refractivity contribution is 0.0326. The molecule has 0 bridgehead atoms. The van der Waals surface area contributed by atoms with Crippen molar-refractivity contribution in [3.63, 3.8) is 0 Å². The van der Waals surface area contributed by atoms with Gasteiger partial charge in [-0.1, -0.05) is 0 Å². The van der Waals surface area contributed by atoms with Crippen molar-refractivity contribution < 1.29 is 19.0 Å². The number of aryl methyl sites for hydroxylation is 1. The maximum Gasteiger partial charge on any atom is 0.336 e. The molecule has 1 aromatic carbocycles. The van der Waals surface area contributed by atoms with Crippen molar-refractivity contribution in [1.29, 1.82) is 0 Å². The molecule has 0 unspecified atom stereocenters. The van der Waals surface area contributed by atoms with Gasteiger partial charge in [0.2, 0.25) is 0 Å². The largest absolute Gasteiger partial charge is 0.491 e. The maximum absolute atomic E-state index is 11.2. The van der Waals surface area contributed by atoms with E-state index in [9.17, 15) is 9.90 Å². The van der Waals surface area contributed by atoms with Crippen LogP contribution >= 0.6 is 0 Å². The standard InChI is InChI=1S/C14H16O5/c1-9-5-14(16)19-13-4-3-11(6-12(9)13)18-8-10(15)7-17-2/h3-6,10,15H,7-8H2,1-2H3/t10-/m1/s1. The van der Waals surface area contributed by atoms with Gasteiger partial charge in [0.15, 0.2) is 0 Å². The first-order chi connectivity index (χ1) is 9.10. The van der Waals surface area contributed by atoms with Crippen LogP contribution in [0, 0.1) is 6.92 Å². The lowest BCUT2D eigenvalue weighted by atomic mass is 10.1. The van der Waals surface area contributed by atoms with Gasteiger partial charge in [-0.2, -0.15) is 0 Å². The summed E-state index contributed by atoms with van der Waals surface area (Å²) >= 11 is 0. The molecule has 2 rings (SSSR count). The van der Waals surface area contributed by atoms with Crippen molar-refractivity contribution in [2.45, 2.75) is 13.0 Å². The van der Waals surface area contributed by atoms with Gasteiger partial charge in [0, 0.05) is 18.6 Å². The van der Waals surface area contributed by atoms with Gasteiger partial charge in [0.1, 0.15) is 24.0 Å². The molecular formula is C14H16O5. The highest BCUT2D eigenvalue weighted by Gasteiger charge is 2.07. The van der Waals surface area contributed by atoms with Gasteiger partial charge in [-0.3, -0.25) is 0 Å². The average Bonchev–Trinajstić information content (AvgIpc) is 2.37. The number of fused-ring (bicyclic) bond motifs is 1. The van der Waals surface area contributed by atoms with Crippen LogP contribution in [0.3, 0.4) is 0 Å². The van der Waals surface area contributed by atoms with Crippen LogP contribution in [0.5, 0.6) is 5.75 Å². The number of aliphatic hydroxyl groups is 1. The Kier molecular flexibility index (Phi) is 4.19. The number of hydrogen-bond donors (Lipinski definition) is 1. The topological polar surface area (TPSA) is 68.9 Å². The van der Waals surface area contributed by atoms with Gasteiger partial charge in [-0.15, -0.1) is 0 Å². The molecule has 1 aromatic heterocycles. The van der Waals surface area contributed by atoms with Gasteiger partial charge < -0.3 is 19.0 Å². The summed E-state index contributed by atoms with van der Waals surface area (Å²) in [5, 5.41) is 10.3. The minimum absolute atomic E-state index is 0.148. The van der Waals surface area contributed by atoms with Crippen molar-refractivity contribution >= 4 is 11.0 Å². The molecule has 0 amide bonds. The van der Waals surface area contributed by atoms with E-state index in [2.05, 4.69) is 0 Å². The molecule has 1 heterocycles. The fourth-order valence-electron chi connectivity index (χ4n) is 1.82. The molecule has 0 saturated carbocycles. The third-order valence-electron chi connectivity index (χ3n) is 2.72.